The Morgan fingerprint density at radius 2 is 2.05 bits per heavy atom. The van der Waals surface area contributed by atoms with Crippen LogP contribution in [-0.4, -0.2) is 10.0 Å². The molecule has 1 N–H and O–H groups in total. The third kappa shape index (κ3) is 3.79. The summed E-state index contributed by atoms with van der Waals surface area (Å²) in [7, 11) is 0. The topological polar surface area (TPSA) is 72.6 Å². The van der Waals surface area contributed by atoms with Crippen molar-refractivity contribution in [2.45, 2.75) is 26.6 Å². The molecule has 110 valence electrons. The molecule has 0 radical (unpaired) electrons. The van der Waals surface area contributed by atoms with E-state index in [1.54, 1.807) is 25.1 Å². The summed E-state index contributed by atoms with van der Waals surface area (Å²) in [5, 5.41) is 20.5. The predicted molar refractivity (Wildman–Crippen MR) is 79.2 cm³/mol. The van der Waals surface area contributed by atoms with Crippen LogP contribution in [0.5, 0.6) is 5.75 Å². The van der Waals surface area contributed by atoms with Crippen molar-refractivity contribution in [3.05, 3.63) is 69.3 Å². The van der Waals surface area contributed by atoms with Gasteiger partial charge in [-0.25, -0.2) is 0 Å². The lowest BCUT2D eigenvalue weighted by Gasteiger charge is -2.14. The maximum Gasteiger partial charge on any atom is 0.269 e. The van der Waals surface area contributed by atoms with E-state index < -0.39 is 11.0 Å². The molecule has 2 rings (SSSR count). The summed E-state index contributed by atoms with van der Waals surface area (Å²) in [6.07, 6.45) is -0.634. The average molecular weight is 287 g/mol. The van der Waals surface area contributed by atoms with Gasteiger partial charge in [0.25, 0.3) is 5.69 Å². The molecule has 0 heterocycles. The van der Waals surface area contributed by atoms with Crippen molar-refractivity contribution in [2.75, 3.05) is 0 Å². The first kappa shape index (κ1) is 15.0. The Kier molecular flexibility index (Phi) is 4.55. The van der Waals surface area contributed by atoms with Gasteiger partial charge in [0.15, 0.2) is 0 Å². The number of non-ortho nitro benzene ring substituents is 1. The fourth-order valence-electron chi connectivity index (χ4n) is 2.05. The monoisotopic (exact) mass is 287 g/mol. The molecule has 2 aromatic rings. The Bertz CT molecular complexity index is 652. The standard InChI is InChI=1S/C16H17NO4/c1-11-6-7-16(15(8-11)12(2)18)21-10-13-4-3-5-14(9-13)17(19)20/h3-9,12,18H,10H2,1-2H3/t12-/m0/s1. The third-order valence-electron chi connectivity index (χ3n) is 3.13. The number of nitro benzene ring substituents is 1. The summed E-state index contributed by atoms with van der Waals surface area (Å²) in [6, 6.07) is 11.9. The van der Waals surface area contributed by atoms with Crippen molar-refractivity contribution in [2.24, 2.45) is 0 Å². The van der Waals surface area contributed by atoms with E-state index in [9.17, 15) is 15.2 Å². The number of nitro groups is 1. The van der Waals surface area contributed by atoms with Gasteiger partial charge in [-0.2, -0.15) is 0 Å². The van der Waals surface area contributed by atoms with Crippen molar-refractivity contribution < 1.29 is 14.8 Å². The largest absolute Gasteiger partial charge is 0.489 e. The molecule has 0 saturated carbocycles. The second-order valence-electron chi connectivity index (χ2n) is 4.93. The zero-order chi connectivity index (χ0) is 15.4. The van der Waals surface area contributed by atoms with Gasteiger partial charge in [-0.15, -0.1) is 0 Å². The minimum Gasteiger partial charge on any atom is -0.489 e. The van der Waals surface area contributed by atoms with E-state index in [0.29, 0.717) is 16.9 Å². The highest BCUT2D eigenvalue weighted by Crippen LogP contribution is 2.27. The summed E-state index contributed by atoms with van der Waals surface area (Å²) in [5.41, 5.74) is 2.49. The first-order chi connectivity index (χ1) is 9.97. The lowest BCUT2D eigenvalue weighted by atomic mass is 10.1. The van der Waals surface area contributed by atoms with Crippen LogP contribution in [-0.2, 0) is 6.61 Å². The van der Waals surface area contributed by atoms with Crippen LogP contribution in [0.1, 0.15) is 29.7 Å². The summed E-state index contributed by atoms with van der Waals surface area (Å²) < 4.78 is 5.69. The van der Waals surface area contributed by atoms with E-state index in [0.717, 1.165) is 5.56 Å². The van der Waals surface area contributed by atoms with Crippen LogP contribution in [0.15, 0.2) is 42.5 Å². The van der Waals surface area contributed by atoms with Gasteiger partial charge in [0.2, 0.25) is 0 Å². The lowest BCUT2D eigenvalue weighted by molar-refractivity contribution is -0.384. The number of hydrogen-bond acceptors (Lipinski definition) is 4. The van der Waals surface area contributed by atoms with Gasteiger partial charge in [-0.1, -0.05) is 23.8 Å². The van der Waals surface area contributed by atoms with E-state index in [-0.39, 0.29) is 12.3 Å². The summed E-state index contributed by atoms with van der Waals surface area (Å²) >= 11 is 0. The second-order valence-corrected chi connectivity index (χ2v) is 4.93. The number of nitrogens with zero attached hydrogens (tertiary/aromatic N) is 1. The van der Waals surface area contributed by atoms with Crippen LogP contribution < -0.4 is 4.74 Å². The average Bonchev–Trinajstić information content (AvgIpc) is 2.46. The normalized spacial score (nSPS) is 12.0. The maximum absolute atomic E-state index is 10.7. The SMILES string of the molecule is Cc1ccc(OCc2cccc([N+](=O)[O-])c2)c([C@H](C)O)c1. The molecule has 0 saturated heterocycles. The molecule has 0 spiro atoms. The highest BCUT2D eigenvalue weighted by molar-refractivity contribution is 5.39. The number of hydrogen-bond donors (Lipinski definition) is 1. The Balaban J connectivity index is 2.16. The Hall–Kier alpha value is -2.40. The van der Waals surface area contributed by atoms with Gasteiger partial charge in [0.05, 0.1) is 11.0 Å². The number of ether oxygens (including phenoxy) is 1. The fraction of sp³-hybridized carbons (Fsp3) is 0.250. The van der Waals surface area contributed by atoms with Gasteiger partial charge in [-0.3, -0.25) is 10.1 Å². The molecule has 0 aliphatic rings. The Labute approximate surface area is 123 Å². The van der Waals surface area contributed by atoms with E-state index >= 15 is 0 Å². The second kappa shape index (κ2) is 6.37. The van der Waals surface area contributed by atoms with Gasteiger partial charge >= 0.3 is 0 Å². The van der Waals surface area contributed by atoms with Crippen LogP contribution in [0.4, 0.5) is 5.69 Å². The summed E-state index contributed by atoms with van der Waals surface area (Å²) in [4.78, 5) is 10.3. The van der Waals surface area contributed by atoms with E-state index in [1.807, 2.05) is 19.1 Å². The van der Waals surface area contributed by atoms with Crippen LogP contribution in [0.2, 0.25) is 0 Å². The third-order valence-corrected chi connectivity index (χ3v) is 3.13. The molecule has 5 nitrogen and oxygen atoms in total. The minimum absolute atomic E-state index is 0.0377. The van der Waals surface area contributed by atoms with E-state index in [2.05, 4.69) is 0 Å². The summed E-state index contributed by atoms with van der Waals surface area (Å²) in [5.74, 6) is 0.585. The maximum atomic E-state index is 10.7. The Morgan fingerprint density at radius 1 is 1.29 bits per heavy atom. The molecule has 21 heavy (non-hydrogen) atoms. The van der Waals surface area contributed by atoms with Gasteiger partial charge in [-0.05, 0) is 31.5 Å². The van der Waals surface area contributed by atoms with Crippen LogP contribution in [0.3, 0.4) is 0 Å². The van der Waals surface area contributed by atoms with E-state index in [4.69, 9.17) is 4.74 Å². The number of benzene rings is 2. The number of aliphatic hydroxyl groups is 1. The van der Waals surface area contributed by atoms with Gasteiger partial charge < -0.3 is 9.84 Å². The molecule has 1 atom stereocenters. The van der Waals surface area contributed by atoms with E-state index in [1.165, 1.54) is 12.1 Å². The van der Waals surface area contributed by atoms with Gasteiger partial charge in [0.1, 0.15) is 12.4 Å². The summed E-state index contributed by atoms with van der Waals surface area (Å²) in [6.45, 7) is 3.83. The zero-order valence-corrected chi connectivity index (χ0v) is 11.9. The predicted octanol–water partition coefficient (Wildman–Crippen LogP) is 3.54. The van der Waals surface area contributed by atoms with Crippen molar-refractivity contribution in [3.63, 3.8) is 0 Å². The van der Waals surface area contributed by atoms with Crippen LogP contribution in [0.25, 0.3) is 0 Å². The molecule has 0 aliphatic heterocycles. The highest BCUT2D eigenvalue weighted by atomic mass is 16.6. The molecule has 0 bridgehead atoms. The molecule has 0 fully saturated rings. The first-order valence-electron chi connectivity index (χ1n) is 6.62. The molecule has 0 unspecified atom stereocenters. The van der Waals surface area contributed by atoms with Gasteiger partial charge in [0, 0.05) is 17.7 Å². The quantitative estimate of drug-likeness (QED) is 0.674. The molecule has 5 heteroatoms. The van der Waals surface area contributed by atoms with Crippen molar-refractivity contribution in [3.8, 4) is 5.75 Å². The van der Waals surface area contributed by atoms with Crippen LogP contribution >= 0.6 is 0 Å². The molecule has 2 aromatic carbocycles. The fourth-order valence-corrected chi connectivity index (χ4v) is 2.05. The number of aliphatic hydroxyl groups excluding tert-OH is 1. The lowest BCUT2D eigenvalue weighted by Crippen LogP contribution is -2.02. The van der Waals surface area contributed by atoms with Crippen molar-refractivity contribution in [1.29, 1.82) is 0 Å². The zero-order valence-electron chi connectivity index (χ0n) is 11.9. The van der Waals surface area contributed by atoms with Crippen molar-refractivity contribution in [1.82, 2.24) is 0 Å². The highest BCUT2D eigenvalue weighted by Gasteiger charge is 2.11. The molecule has 0 amide bonds. The molecule has 0 aromatic heterocycles. The van der Waals surface area contributed by atoms with Crippen LogP contribution in [0, 0.1) is 17.0 Å². The molecular weight excluding hydrogens is 270 g/mol. The van der Waals surface area contributed by atoms with Crippen molar-refractivity contribution >= 4 is 5.69 Å². The Morgan fingerprint density at radius 3 is 2.71 bits per heavy atom. The number of aryl methyl sites for hydroxylation is 1. The molecule has 0 aliphatic carbocycles. The number of rotatable bonds is 5. The smallest absolute Gasteiger partial charge is 0.269 e. The minimum atomic E-state index is -0.634. The first-order valence-corrected chi connectivity index (χ1v) is 6.62. The molecular formula is C16H17NO4.